The zero-order chi connectivity index (χ0) is 19.0. The lowest BCUT2D eigenvalue weighted by atomic mass is 10.1. The van der Waals surface area contributed by atoms with Crippen LogP contribution in [0.25, 0.3) is 0 Å². The third-order valence-electron chi connectivity index (χ3n) is 5.19. The van der Waals surface area contributed by atoms with Crippen LogP contribution in [0.1, 0.15) is 34.5 Å². The van der Waals surface area contributed by atoms with Gasteiger partial charge in [0, 0.05) is 39.0 Å². The van der Waals surface area contributed by atoms with Gasteiger partial charge in [-0.25, -0.2) is 9.97 Å². The number of anilines is 1. The van der Waals surface area contributed by atoms with E-state index >= 15 is 0 Å². The summed E-state index contributed by atoms with van der Waals surface area (Å²) < 4.78 is 11.1. The highest BCUT2D eigenvalue weighted by molar-refractivity contribution is 5.98. The number of pyridine rings is 2. The molecule has 1 fully saturated rings. The van der Waals surface area contributed by atoms with Gasteiger partial charge in [-0.1, -0.05) is 0 Å². The second kappa shape index (κ2) is 7.06. The first-order valence-corrected chi connectivity index (χ1v) is 9.23. The predicted molar refractivity (Wildman–Crippen MR) is 101 cm³/mol. The summed E-state index contributed by atoms with van der Waals surface area (Å²) in [6, 6.07) is 5.67. The highest BCUT2D eigenvalue weighted by atomic mass is 16.5. The summed E-state index contributed by atoms with van der Waals surface area (Å²) in [6.45, 7) is 4.38. The van der Waals surface area contributed by atoms with Crippen molar-refractivity contribution in [2.24, 2.45) is 0 Å². The summed E-state index contributed by atoms with van der Waals surface area (Å²) in [4.78, 5) is 25.1. The zero-order valence-corrected chi connectivity index (χ0v) is 15.9. The predicted octanol–water partition coefficient (Wildman–Crippen LogP) is 2.43. The van der Waals surface area contributed by atoms with Crippen molar-refractivity contribution in [1.29, 1.82) is 0 Å². The lowest BCUT2D eigenvalue weighted by Gasteiger charge is -2.33. The molecule has 27 heavy (non-hydrogen) atoms. The van der Waals surface area contributed by atoms with Gasteiger partial charge in [0.05, 0.1) is 31.1 Å². The van der Waals surface area contributed by atoms with Crippen LogP contribution >= 0.6 is 0 Å². The summed E-state index contributed by atoms with van der Waals surface area (Å²) in [5, 5.41) is 0. The standard InChI is InChI=1S/C20H24N4O3/c1-13-10-16-17(12-23(2)20(16)25)22-19(13)24-8-6-14(7-9-24)27-15-4-5-18(26-3)21-11-15/h4-5,10-11,14H,6-9,12H2,1-3H3. The molecule has 0 N–H and O–H groups in total. The molecular weight excluding hydrogens is 344 g/mol. The first kappa shape index (κ1) is 17.6. The Morgan fingerprint density at radius 1 is 1.22 bits per heavy atom. The van der Waals surface area contributed by atoms with Crippen LogP contribution < -0.4 is 14.4 Å². The molecule has 0 bridgehead atoms. The number of carbonyl (C=O) groups excluding carboxylic acids is 1. The van der Waals surface area contributed by atoms with Crippen molar-refractivity contribution in [1.82, 2.24) is 14.9 Å². The largest absolute Gasteiger partial charge is 0.489 e. The minimum Gasteiger partial charge on any atom is -0.489 e. The van der Waals surface area contributed by atoms with Crippen LogP contribution in [0.5, 0.6) is 11.6 Å². The average Bonchev–Trinajstić information content (AvgIpc) is 2.96. The highest BCUT2D eigenvalue weighted by Crippen LogP contribution is 2.29. The van der Waals surface area contributed by atoms with Gasteiger partial charge < -0.3 is 19.3 Å². The van der Waals surface area contributed by atoms with Crippen molar-refractivity contribution in [3.63, 3.8) is 0 Å². The van der Waals surface area contributed by atoms with Crippen molar-refractivity contribution < 1.29 is 14.3 Å². The Morgan fingerprint density at radius 3 is 2.67 bits per heavy atom. The van der Waals surface area contributed by atoms with E-state index in [0.29, 0.717) is 12.4 Å². The molecule has 1 amide bonds. The third-order valence-corrected chi connectivity index (χ3v) is 5.19. The van der Waals surface area contributed by atoms with E-state index in [1.54, 1.807) is 24.3 Å². The molecule has 2 aliphatic heterocycles. The molecule has 4 rings (SSSR count). The van der Waals surface area contributed by atoms with Crippen LogP contribution in [0.15, 0.2) is 24.4 Å². The number of piperidine rings is 1. The third kappa shape index (κ3) is 3.41. The molecule has 0 spiro atoms. The number of aromatic nitrogens is 2. The number of amides is 1. The van der Waals surface area contributed by atoms with E-state index in [1.807, 2.05) is 26.1 Å². The number of hydrogen-bond acceptors (Lipinski definition) is 6. The molecule has 2 aliphatic rings. The van der Waals surface area contributed by atoms with Gasteiger partial charge in [0.25, 0.3) is 5.91 Å². The molecule has 4 heterocycles. The van der Waals surface area contributed by atoms with Gasteiger partial charge in [-0.3, -0.25) is 4.79 Å². The van der Waals surface area contributed by atoms with Gasteiger partial charge in [0.1, 0.15) is 17.7 Å². The summed E-state index contributed by atoms with van der Waals surface area (Å²) in [5.74, 6) is 2.40. The summed E-state index contributed by atoms with van der Waals surface area (Å²) >= 11 is 0. The van der Waals surface area contributed by atoms with Crippen LogP contribution in [-0.2, 0) is 6.54 Å². The van der Waals surface area contributed by atoms with Gasteiger partial charge in [0.15, 0.2) is 0 Å². The molecule has 142 valence electrons. The lowest BCUT2D eigenvalue weighted by molar-refractivity contribution is 0.0816. The maximum Gasteiger partial charge on any atom is 0.255 e. The fraction of sp³-hybridized carbons (Fsp3) is 0.450. The first-order valence-electron chi connectivity index (χ1n) is 9.23. The topological polar surface area (TPSA) is 67.8 Å². The number of nitrogens with zero attached hydrogens (tertiary/aromatic N) is 4. The van der Waals surface area contributed by atoms with Crippen molar-refractivity contribution >= 4 is 11.7 Å². The van der Waals surface area contributed by atoms with E-state index in [0.717, 1.165) is 54.3 Å². The number of hydrogen-bond donors (Lipinski definition) is 0. The second-order valence-corrected chi connectivity index (χ2v) is 7.12. The second-order valence-electron chi connectivity index (χ2n) is 7.12. The van der Waals surface area contributed by atoms with E-state index in [9.17, 15) is 4.79 Å². The van der Waals surface area contributed by atoms with E-state index in [1.165, 1.54) is 0 Å². The molecule has 2 aromatic rings. The zero-order valence-electron chi connectivity index (χ0n) is 15.9. The Labute approximate surface area is 158 Å². The van der Waals surface area contributed by atoms with Gasteiger partial charge in [-0.2, -0.15) is 0 Å². The number of methoxy groups -OCH3 is 1. The SMILES string of the molecule is COc1ccc(OC2CCN(c3nc4c(cc3C)C(=O)N(C)C4)CC2)cn1. The van der Waals surface area contributed by atoms with Gasteiger partial charge in [-0.05, 0) is 24.6 Å². The van der Waals surface area contributed by atoms with Crippen LogP contribution in [-0.4, -0.2) is 54.1 Å². The normalized spacial score (nSPS) is 17.2. The quantitative estimate of drug-likeness (QED) is 0.826. The molecular formula is C20H24N4O3. The molecule has 2 aromatic heterocycles. The maximum atomic E-state index is 12.1. The summed E-state index contributed by atoms with van der Waals surface area (Å²) in [6.07, 6.45) is 3.70. The van der Waals surface area contributed by atoms with E-state index in [4.69, 9.17) is 14.5 Å². The molecule has 0 saturated carbocycles. The van der Waals surface area contributed by atoms with E-state index in [2.05, 4.69) is 9.88 Å². The van der Waals surface area contributed by atoms with Gasteiger partial charge >= 0.3 is 0 Å². The number of aryl methyl sites for hydroxylation is 1. The Hall–Kier alpha value is -2.83. The van der Waals surface area contributed by atoms with Crippen molar-refractivity contribution in [2.75, 3.05) is 32.1 Å². The van der Waals surface area contributed by atoms with Crippen LogP contribution in [0.4, 0.5) is 5.82 Å². The fourth-order valence-electron chi connectivity index (χ4n) is 3.70. The summed E-state index contributed by atoms with van der Waals surface area (Å²) in [5.41, 5.74) is 2.67. The van der Waals surface area contributed by atoms with E-state index in [-0.39, 0.29) is 12.0 Å². The molecule has 0 atom stereocenters. The lowest BCUT2D eigenvalue weighted by Crippen LogP contribution is -2.39. The molecule has 7 nitrogen and oxygen atoms in total. The van der Waals surface area contributed by atoms with Crippen molar-refractivity contribution in [2.45, 2.75) is 32.4 Å². The van der Waals surface area contributed by atoms with Crippen LogP contribution in [0.2, 0.25) is 0 Å². The van der Waals surface area contributed by atoms with Crippen molar-refractivity contribution in [3.8, 4) is 11.6 Å². The Balaban J connectivity index is 1.41. The van der Waals surface area contributed by atoms with Gasteiger partial charge in [0.2, 0.25) is 5.88 Å². The molecule has 0 unspecified atom stereocenters. The molecule has 0 aromatic carbocycles. The number of rotatable bonds is 4. The number of ether oxygens (including phenoxy) is 2. The first-order chi connectivity index (χ1) is 13.0. The molecule has 1 saturated heterocycles. The maximum absolute atomic E-state index is 12.1. The Kier molecular flexibility index (Phi) is 4.59. The minimum atomic E-state index is 0.0624. The van der Waals surface area contributed by atoms with Gasteiger partial charge in [-0.15, -0.1) is 0 Å². The fourth-order valence-corrected chi connectivity index (χ4v) is 3.70. The molecule has 0 aliphatic carbocycles. The molecule has 0 radical (unpaired) electrons. The number of carbonyl (C=O) groups is 1. The monoisotopic (exact) mass is 368 g/mol. The highest BCUT2D eigenvalue weighted by Gasteiger charge is 2.29. The smallest absolute Gasteiger partial charge is 0.255 e. The summed E-state index contributed by atoms with van der Waals surface area (Å²) in [7, 11) is 3.41. The minimum absolute atomic E-state index is 0.0624. The van der Waals surface area contributed by atoms with E-state index < -0.39 is 0 Å². The number of fused-ring (bicyclic) bond motifs is 1. The van der Waals surface area contributed by atoms with Crippen LogP contribution in [0.3, 0.4) is 0 Å². The average molecular weight is 368 g/mol. The Morgan fingerprint density at radius 2 is 2.00 bits per heavy atom. The van der Waals surface area contributed by atoms with Crippen LogP contribution in [0, 0.1) is 6.92 Å². The molecule has 7 heteroatoms. The Bertz CT molecular complexity index is 845. The van der Waals surface area contributed by atoms with Crippen molar-refractivity contribution in [3.05, 3.63) is 41.2 Å².